The number of aromatic nitrogens is 1. The number of rotatable bonds is 5. The summed E-state index contributed by atoms with van der Waals surface area (Å²) in [5.41, 5.74) is 0.935. The molecule has 1 unspecified atom stereocenters. The standard InChI is InChI=1S/C14H25NOS/c1-10(2)7-6-8-12(16)11-9-17-13(15-11)14(3,4)5/h9-10,12,16H,6-8H2,1-5H3. The van der Waals surface area contributed by atoms with Crippen LogP contribution in [0.4, 0.5) is 0 Å². The molecular weight excluding hydrogens is 230 g/mol. The molecule has 0 radical (unpaired) electrons. The van der Waals surface area contributed by atoms with Crippen molar-refractivity contribution in [3.05, 3.63) is 16.1 Å². The lowest BCUT2D eigenvalue weighted by Gasteiger charge is -2.14. The van der Waals surface area contributed by atoms with Gasteiger partial charge >= 0.3 is 0 Å². The molecule has 0 aliphatic heterocycles. The molecule has 2 nitrogen and oxygen atoms in total. The van der Waals surface area contributed by atoms with Crippen LogP contribution in [0.25, 0.3) is 0 Å². The Bertz CT molecular complexity index is 338. The van der Waals surface area contributed by atoms with Crippen molar-refractivity contribution in [3.8, 4) is 0 Å². The number of thiazole rings is 1. The van der Waals surface area contributed by atoms with E-state index in [4.69, 9.17) is 0 Å². The van der Waals surface area contributed by atoms with Gasteiger partial charge < -0.3 is 5.11 Å². The van der Waals surface area contributed by atoms with Gasteiger partial charge in [-0.1, -0.05) is 47.5 Å². The summed E-state index contributed by atoms with van der Waals surface area (Å²) in [7, 11) is 0. The molecule has 0 fully saturated rings. The minimum Gasteiger partial charge on any atom is -0.387 e. The molecule has 17 heavy (non-hydrogen) atoms. The SMILES string of the molecule is CC(C)CCCC(O)c1csc(C(C)(C)C)n1. The molecular formula is C14H25NOS. The summed E-state index contributed by atoms with van der Waals surface area (Å²) in [6.07, 6.45) is 2.68. The molecule has 1 N–H and O–H groups in total. The molecule has 1 atom stereocenters. The van der Waals surface area contributed by atoms with E-state index in [1.165, 1.54) is 6.42 Å². The normalized spacial score (nSPS) is 14.3. The van der Waals surface area contributed by atoms with Crippen molar-refractivity contribution in [3.63, 3.8) is 0 Å². The third-order valence-corrected chi connectivity index (χ3v) is 4.05. The van der Waals surface area contributed by atoms with Crippen LogP contribution in [-0.4, -0.2) is 10.1 Å². The molecule has 0 saturated carbocycles. The zero-order valence-electron chi connectivity index (χ0n) is 11.7. The molecule has 1 aromatic heterocycles. The fourth-order valence-corrected chi connectivity index (χ4v) is 2.60. The van der Waals surface area contributed by atoms with Crippen molar-refractivity contribution in [2.75, 3.05) is 0 Å². The molecule has 1 rings (SSSR count). The second-order valence-corrected chi connectivity index (χ2v) is 7.03. The van der Waals surface area contributed by atoms with Gasteiger partial charge in [0, 0.05) is 10.8 Å². The van der Waals surface area contributed by atoms with E-state index in [9.17, 15) is 5.11 Å². The summed E-state index contributed by atoms with van der Waals surface area (Å²) in [4.78, 5) is 4.55. The second-order valence-electron chi connectivity index (χ2n) is 6.17. The van der Waals surface area contributed by atoms with Crippen molar-refractivity contribution in [1.29, 1.82) is 0 Å². The van der Waals surface area contributed by atoms with E-state index in [-0.39, 0.29) is 11.5 Å². The van der Waals surface area contributed by atoms with Crippen LogP contribution >= 0.6 is 11.3 Å². The van der Waals surface area contributed by atoms with Crippen LogP contribution in [0.1, 0.15) is 70.7 Å². The Labute approximate surface area is 109 Å². The Morgan fingerprint density at radius 1 is 1.29 bits per heavy atom. The van der Waals surface area contributed by atoms with Gasteiger partial charge in [-0.2, -0.15) is 0 Å². The van der Waals surface area contributed by atoms with Crippen LogP contribution in [0, 0.1) is 5.92 Å². The predicted molar refractivity (Wildman–Crippen MR) is 74.5 cm³/mol. The third-order valence-electron chi connectivity index (χ3n) is 2.76. The van der Waals surface area contributed by atoms with Gasteiger partial charge in [-0.15, -0.1) is 11.3 Å². The highest BCUT2D eigenvalue weighted by Crippen LogP contribution is 2.29. The highest BCUT2D eigenvalue weighted by molar-refractivity contribution is 7.09. The van der Waals surface area contributed by atoms with Crippen LogP contribution in [-0.2, 0) is 5.41 Å². The summed E-state index contributed by atoms with van der Waals surface area (Å²) >= 11 is 1.65. The van der Waals surface area contributed by atoms with E-state index < -0.39 is 0 Å². The van der Waals surface area contributed by atoms with Gasteiger partial charge in [0.25, 0.3) is 0 Å². The van der Waals surface area contributed by atoms with Gasteiger partial charge in [0.15, 0.2) is 0 Å². The van der Waals surface area contributed by atoms with E-state index in [0.717, 1.165) is 23.5 Å². The topological polar surface area (TPSA) is 33.1 Å². The summed E-state index contributed by atoms with van der Waals surface area (Å²) in [6.45, 7) is 10.9. The monoisotopic (exact) mass is 255 g/mol. The average Bonchev–Trinajstić information content (AvgIpc) is 2.64. The maximum atomic E-state index is 10.1. The number of hydrogen-bond donors (Lipinski definition) is 1. The van der Waals surface area contributed by atoms with Crippen molar-refractivity contribution < 1.29 is 5.11 Å². The fraction of sp³-hybridized carbons (Fsp3) is 0.786. The lowest BCUT2D eigenvalue weighted by Crippen LogP contribution is -2.11. The lowest BCUT2D eigenvalue weighted by atomic mass is 9.98. The maximum Gasteiger partial charge on any atom is 0.0983 e. The van der Waals surface area contributed by atoms with E-state index in [2.05, 4.69) is 39.6 Å². The molecule has 1 aromatic rings. The summed E-state index contributed by atoms with van der Waals surface area (Å²) in [5, 5.41) is 13.2. The molecule has 0 saturated heterocycles. The van der Waals surface area contributed by atoms with Crippen molar-refractivity contribution in [1.82, 2.24) is 4.98 Å². The van der Waals surface area contributed by atoms with Crippen molar-refractivity contribution in [2.24, 2.45) is 5.92 Å². The first kappa shape index (κ1) is 14.7. The highest BCUT2D eigenvalue weighted by Gasteiger charge is 2.20. The van der Waals surface area contributed by atoms with Crippen LogP contribution < -0.4 is 0 Å². The minimum atomic E-state index is -0.388. The van der Waals surface area contributed by atoms with E-state index in [1.807, 2.05) is 5.38 Å². The van der Waals surface area contributed by atoms with Gasteiger partial charge in [-0.3, -0.25) is 0 Å². The second kappa shape index (κ2) is 5.96. The lowest BCUT2D eigenvalue weighted by molar-refractivity contribution is 0.157. The van der Waals surface area contributed by atoms with Gasteiger partial charge in [-0.25, -0.2) is 4.98 Å². The minimum absolute atomic E-state index is 0.0839. The van der Waals surface area contributed by atoms with E-state index >= 15 is 0 Å². The molecule has 1 heterocycles. The molecule has 0 aliphatic carbocycles. The number of aliphatic hydroxyl groups excluding tert-OH is 1. The maximum absolute atomic E-state index is 10.1. The smallest absolute Gasteiger partial charge is 0.0983 e. The first-order valence-electron chi connectivity index (χ1n) is 6.44. The van der Waals surface area contributed by atoms with Crippen LogP contribution in [0.2, 0.25) is 0 Å². The van der Waals surface area contributed by atoms with Crippen LogP contribution in [0.15, 0.2) is 5.38 Å². The zero-order chi connectivity index (χ0) is 13.1. The molecule has 3 heteroatoms. The Balaban J connectivity index is 2.52. The van der Waals surface area contributed by atoms with Gasteiger partial charge in [0.1, 0.15) is 0 Å². The Morgan fingerprint density at radius 3 is 2.41 bits per heavy atom. The molecule has 0 spiro atoms. The summed E-state index contributed by atoms with van der Waals surface area (Å²) in [6, 6.07) is 0. The third kappa shape index (κ3) is 4.76. The summed E-state index contributed by atoms with van der Waals surface area (Å²) in [5.74, 6) is 0.711. The molecule has 98 valence electrons. The summed E-state index contributed by atoms with van der Waals surface area (Å²) < 4.78 is 0. The van der Waals surface area contributed by atoms with E-state index in [0.29, 0.717) is 5.92 Å². The largest absolute Gasteiger partial charge is 0.387 e. The average molecular weight is 255 g/mol. The van der Waals surface area contributed by atoms with Gasteiger partial charge in [0.2, 0.25) is 0 Å². The van der Waals surface area contributed by atoms with Gasteiger partial charge in [-0.05, 0) is 12.3 Å². The Kier molecular flexibility index (Phi) is 5.14. The van der Waals surface area contributed by atoms with Crippen molar-refractivity contribution >= 4 is 11.3 Å². The highest BCUT2D eigenvalue weighted by atomic mass is 32.1. The van der Waals surface area contributed by atoms with E-state index in [1.54, 1.807) is 11.3 Å². The first-order valence-corrected chi connectivity index (χ1v) is 7.32. The van der Waals surface area contributed by atoms with Crippen LogP contribution in [0.5, 0.6) is 0 Å². The number of nitrogens with zero attached hydrogens (tertiary/aromatic N) is 1. The quantitative estimate of drug-likeness (QED) is 0.851. The molecule has 0 amide bonds. The zero-order valence-corrected chi connectivity index (χ0v) is 12.5. The Morgan fingerprint density at radius 2 is 1.94 bits per heavy atom. The fourth-order valence-electron chi connectivity index (χ4n) is 1.65. The predicted octanol–water partition coefficient (Wildman–Crippen LogP) is 4.30. The number of hydrogen-bond acceptors (Lipinski definition) is 3. The van der Waals surface area contributed by atoms with Crippen molar-refractivity contribution in [2.45, 2.75) is 65.4 Å². The molecule has 0 aliphatic rings. The van der Waals surface area contributed by atoms with Gasteiger partial charge in [0.05, 0.1) is 16.8 Å². The van der Waals surface area contributed by atoms with Crippen LogP contribution in [0.3, 0.4) is 0 Å². The molecule has 0 aromatic carbocycles. The Hall–Kier alpha value is -0.410. The first-order chi connectivity index (χ1) is 7.80. The molecule has 0 bridgehead atoms. The number of aliphatic hydroxyl groups is 1.